The molecule has 0 aliphatic carbocycles. The Morgan fingerprint density at radius 1 is 0.833 bits per heavy atom. The highest BCUT2D eigenvalue weighted by Gasteiger charge is 2.41. The molecule has 0 spiro atoms. The first-order chi connectivity index (χ1) is 14.4. The number of benzene rings is 3. The third-order valence-electron chi connectivity index (χ3n) is 4.49. The van der Waals surface area contributed by atoms with E-state index in [1.165, 1.54) is 42.5 Å². The quantitative estimate of drug-likeness (QED) is 0.570. The molecule has 30 heavy (non-hydrogen) atoms. The number of aryl methyl sites for hydroxylation is 1. The molecule has 1 N–H and O–H groups in total. The van der Waals surface area contributed by atoms with E-state index < -0.39 is 23.4 Å². The van der Waals surface area contributed by atoms with Crippen LogP contribution in [0.25, 0.3) is 0 Å². The molecule has 4 rings (SSSR count). The van der Waals surface area contributed by atoms with E-state index in [4.69, 9.17) is 0 Å². The number of hydrogen-bond donors (Lipinski definition) is 1. The number of nitrogens with zero attached hydrogens (tertiary/aromatic N) is 1. The molecule has 0 unspecified atom stereocenters. The number of nitrogens with one attached hydrogen (secondary N) is 1. The molecule has 0 radical (unpaired) electrons. The topological polar surface area (TPSA) is 49.4 Å². The Labute approximate surface area is 176 Å². The van der Waals surface area contributed by atoms with Crippen LogP contribution in [0, 0.1) is 18.6 Å². The van der Waals surface area contributed by atoms with Gasteiger partial charge in [-0.25, -0.2) is 13.7 Å². The molecular formula is C23H16F2N2O2S. The normalized spacial score (nSPS) is 13.9. The molecule has 7 heteroatoms. The lowest BCUT2D eigenvalue weighted by Gasteiger charge is -2.15. The average Bonchev–Trinajstić information content (AvgIpc) is 2.96. The summed E-state index contributed by atoms with van der Waals surface area (Å²) in [5.74, 6) is -2.41. The Balaban J connectivity index is 1.75. The highest BCUT2D eigenvalue weighted by atomic mass is 32.2. The Morgan fingerprint density at radius 3 is 2.17 bits per heavy atom. The second-order valence-electron chi connectivity index (χ2n) is 6.65. The van der Waals surface area contributed by atoms with Gasteiger partial charge in [0.1, 0.15) is 22.2 Å². The maximum Gasteiger partial charge on any atom is 0.283 e. The standard InChI is InChI=1S/C23H16F2N2O2S/c1-14-6-12-17(13-7-14)30-21-20(26-16-10-8-15(24)9-11-16)22(28)27(23(21)29)19-5-3-2-4-18(19)25/h2-13,26H,1H3. The van der Waals surface area contributed by atoms with Crippen LogP contribution >= 0.6 is 11.8 Å². The number of rotatable bonds is 5. The zero-order valence-electron chi connectivity index (χ0n) is 15.9. The lowest BCUT2D eigenvalue weighted by atomic mass is 10.2. The smallest absolute Gasteiger partial charge is 0.283 e. The minimum Gasteiger partial charge on any atom is -0.350 e. The molecule has 2 amide bonds. The van der Waals surface area contributed by atoms with Crippen LogP contribution in [0.2, 0.25) is 0 Å². The second-order valence-corrected chi connectivity index (χ2v) is 7.73. The first kappa shape index (κ1) is 19.8. The number of carbonyl (C=O) groups excluding carboxylic acids is 2. The van der Waals surface area contributed by atoms with E-state index in [1.807, 2.05) is 31.2 Å². The molecule has 150 valence electrons. The molecule has 0 aromatic heterocycles. The van der Waals surface area contributed by atoms with E-state index in [1.54, 1.807) is 6.07 Å². The predicted molar refractivity (Wildman–Crippen MR) is 113 cm³/mol. The van der Waals surface area contributed by atoms with E-state index >= 15 is 0 Å². The van der Waals surface area contributed by atoms with Crippen molar-refractivity contribution in [2.75, 3.05) is 10.2 Å². The van der Waals surface area contributed by atoms with E-state index in [9.17, 15) is 18.4 Å². The number of hydrogen-bond acceptors (Lipinski definition) is 4. The van der Waals surface area contributed by atoms with Gasteiger partial charge in [0.15, 0.2) is 0 Å². The van der Waals surface area contributed by atoms with Crippen LogP contribution in [-0.4, -0.2) is 11.8 Å². The van der Waals surface area contributed by atoms with Crippen LogP contribution in [0.15, 0.2) is 88.3 Å². The summed E-state index contributed by atoms with van der Waals surface area (Å²) in [6, 6.07) is 18.5. The summed E-state index contributed by atoms with van der Waals surface area (Å²) in [5.41, 5.74) is 1.38. The summed E-state index contributed by atoms with van der Waals surface area (Å²) in [6.07, 6.45) is 0. The van der Waals surface area contributed by atoms with E-state index in [0.29, 0.717) is 5.69 Å². The maximum atomic E-state index is 14.4. The zero-order valence-corrected chi connectivity index (χ0v) is 16.7. The summed E-state index contributed by atoms with van der Waals surface area (Å²) in [4.78, 5) is 28.0. The number of halogens is 2. The molecule has 3 aromatic rings. The number of para-hydroxylation sites is 1. The fourth-order valence-corrected chi connectivity index (χ4v) is 3.90. The van der Waals surface area contributed by atoms with Crippen LogP contribution in [0.1, 0.15) is 5.56 Å². The second kappa shape index (κ2) is 8.12. The third-order valence-corrected chi connectivity index (χ3v) is 5.58. The lowest BCUT2D eigenvalue weighted by Crippen LogP contribution is -2.33. The molecule has 1 aliphatic rings. The highest BCUT2D eigenvalue weighted by molar-refractivity contribution is 8.04. The molecule has 1 heterocycles. The van der Waals surface area contributed by atoms with Gasteiger partial charge < -0.3 is 5.32 Å². The summed E-state index contributed by atoms with van der Waals surface area (Å²) in [7, 11) is 0. The van der Waals surface area contributed by atoms with Crippen molar-refractivity contribution in [2.24, 2.45) is 0 Å². The Kier molecular flexibility index (Phi) is 5.37. The van der Waals surface area contributed by atoms with Gasteiger partial charge in [0.25, 0.3) is 11.8 Å². The highest BCUT2D eigenvalue weighted by Crippen LogP contribution is 2.38. The Hall–Kier alpha value is -3.45. The minimum atomic E-state index is -0.679. The van der Waals surface area contributed by atoms with Gasteiger partial charge in [0, 0.05) is 10.6 Å². The van der Waals surface area contributed by atoms with Gasteiger partial charge in [-0.05, 0) is 55.5 Å². The number of thioether (sulfide) groups is 1. The van der Waals surface area contributed by atoms with Gasteiger partial charge in [-0.3, -0.25) is 9.59 Å². The number of anilines is 2. The molecule has 4 nitrogen and oxygen atoms in total. The number of imide groups is 1. The first-order valence-electron chi connectivity index (χ1n) is 9.09. The molecule has 0 saturated heterocycles. The van der Waals surface area contributed by atoms with Crippen molar-refractivity contribution in [3.05, 3.63) is 101 Å². The number of carbonyl (C=O) groups is 2. The van der Waals surface area contributed by atoms with E-state index in [-0.39, 0.29) is 16.3 Å². The summed E-state index contributed by atoms with van der Waals surface area (Å²) < 4.78 is 27.6. The van der Waals surface area contributed by atoms with Crippen LogP contribution in [0.3, 0.4) is 0 Å². The van der Waals surface area contributed by atoms with Crippen molar-refractivity contribution in [3.8, 4) is 0 Å². The SMILES string of the molecule is Cc1ccc(SC2=C(Nc3ccc(F)cc3)C(=O)N(c3ccccc3F)C2=O)cc1. The van der Waals surface area contributed by atoms with Crippen molar-refractivity contribution < 1.29 is 18.4 Å². The summed E-state index contributed by atoms with van der Waals surface area (Å²) in [5, 5.41) is 2.91. The lowest BCUT2D eigenvalue weighted by molar-refractivity contribution is -0.120. The van der Waals surface area contributed by atoms with Gasteiger partial charge >= 0.3 is 0 Å². The van der Waals surface area contributed by atoms with Gasteiger partial charge in [0.05, 0.1) is 5.69 Å². The monoisotopic (exact) mass is 422 g/mol. The summed E-state index contributed by atoms with van der Waals surface area (Å²) in [6.45, 7) is 1.94. The average molecular weight is 422 g/mol. The molecule has 3 aromatic carbocycles. The van der Waals surface area contributed by atoms with Crippen LogP contribution in [0.5, 0.6) is 0 Å². The van der Waals surface area contributed by atoms with Gasteiger partial charge in [0.2, 0.25) is 0 Å². The van der Waals surface area contributed by atoms with Crippen LogP contribution < -0.4 is 10.2 Å². The maximum absolute atomic E-state index is 14.4. The first-order valence-corrected chi connectivity index (χ1v) is 9.90. The van der Waals surface area contributed by atoms with Crippen LogP contribution in [-0.2, 0) is 9.59 Å². The van der Waals surface area contributed by atoms with E-state index in [0.717, 1.165) is 27.1 Å². The Bertz CT molecular complexity index is 1090. The molecule has 0 atom stereocenters. The van der Waals surface area contributed by atoms with Crippen LogP contribution in [0.4, 0.5) is 20.2 Å². The minimum absolute atomic E-state index is 0.0143. The number of amides is 2. The molecule has 0 fully saturated rings. The van der Waals surface area contributed by atoms with Crippen molar-refractivity contribution in [2.45, 2.75) is 11.8 Å². The van der Waals surface area contributed by atoms with Gasteiger partial charge in [-0.2, -0.15) is 0 Å². The molecule has 0 bridgehead atoms. The fourth-order valence-electron chi connectivity index (χ4n) is 2.97. The van der Waals surface area contributed by atoms with Crippen molar-refractivity contribution in [3.63, 3.8) is 0 Å². The molecule has 0 saturated carbocycles. The fraction of sp³-hybridized carbons (Fsp3) is 0.0435. The summed E-state index contributed by atoms with van der Waals surface area (Å²) >= 11 is 1.12. The predicted octanol–water partition coefficient (Wildman–Crippen LogP) is 5.26. The zero-order chi connectivity index (χ0) is 21.3. The van der Waals surface area contributed by atoms with Gasteiger partial charge in [-0.15, -0.1) is 0 Å². The van der Waals surface area contributed by atoms with E-state index in [2.05, 4.69) is 5.32 Å². The Morgan fingerprint density at radius 2 is 1.50 bits per heavy atom. The van der Waals surface area contributed by atoms with Crippen molar-refractivity contribution in [1.29, 1.82) is 0 Å². The van der Waals surface area contributed by atoms with Crippen molar-refractivity contribution in [1.82, 2.24) is 0 Å². The van der Waals surface area contributed by atoms with Gasteiger partial charge in [-0.1, -0.05) is 41.6 Å². The molecular weight excluding hydrogens is 406 g/mol. The van der Waals surface area contributed by atoms with Crippen molar-refractivity contribution >= 4 is 35.0 Å². The largest absolute Gasteiger partial charge is 0.350 e. The third kappa shape index (κ3) is 3.84. The molecule has 1 aliphatic heterocycles.